The highest BCUT2D eigenvalue weighted by molar-refractivity contribution is 14.0. The summed E-state index contributed by atoms with van der Waals surface area (Å²) in [6.45, 7) is 2.37. The number of carbonyl (C=O) groups excluding carboxylic acids is 1. The molecule has 0 spiro atoms. The summed E-state index contributed by atoms with van der Waals surface area (Å²) in [6.07, 6.45) is 5.58. The molecule has 28 heavy (non-hydrogen) atoms. The van der Waals surface area contributed by atoms with Gasteiger partial charge in [0.15, 0.2) is 0 Å². The quantitative estimate of drug-likeness (QED) is 0.617. The molecule has 2 heterocycles. The molecule has 2 fully saturated rings. The standard InChI is InChI=1S/C24H30N2O.HI/c1-23(15-20-13-14-21(16-23)26(20)2)17-24(22(25)27,18-9-5-3-6-10-18)19-11-7-4-8-12-19;/h3-12,20-21H,13-17H2,1-2H3,(H2,25,27);1H/t20-,21+,23?;. The molecule has 2 aromatic carbocycles. The SMILES string of the molecule is CN1[C@@H]2CC[C@H]1CC(C)(CC(C(N)=O)(c1ccccc1)c1ccccc1)C2.I. The molecule has 2 aliphatic rings. The van der Waals surface area contributed by atoms with Gasteiger partial charge in [-0.2, -0.15) is 0 Å². The van der Waals surface area contributed by atoms with E-state index in [0.717, 1.165) is 30.4 Å². The van der Waals surface area contributed by atoms with Gasteiger partial charge >= 0.3 is 0 Å². The van der Waals surface area contributed by atoms with Crippen LogP contribution in [0.2, 0.25) is 0 Å². The predicted molar refractivity (Wildman–Crippen MR) is 125 cm³/mol. The Bertz CT molecular complexity index is 754. The van der Waals surface area contributed by atoms with Gasteiger partial charge in [0.25, 0.3) is 0 Å². The highest BCUT2D eigenvalue weighted by atomic mass is 127. The smallest absolute Gasteiger partial charge is 0.232 e. The summed E-state index contributed by atoms with van der Waals surface area (Å²) in [5, 5.41) is 0. The molecule has 0 aliphatic carbocycles. The molecule has 4 rings (SSSR count). The third-order valence-electron chi connectivity index (χ3n) is 7.09. The first-order valence-electron chi connectivity index (χ1n) is 10.1. The maximum absolute atomic E-state index is 13.1. The fourth-order valence-electron chi connectivity index (χ4n) is 5.78. The minimum absolute atomic E-state index is 0. The van der Waals surface area contributed by atoms with Crippen LogP contribution in [0, 0.1) is 5.41 Å². The zero-order valence-corrected chi connectivity index (χ0v) is 19.1. The van der Waals surface area contributed by atoms with Crippen molar-refractivity contribution in [1.29, 1.82) is 0 Å². The van der Waals surface area contributed by atoms with Crippen LogP contribution in [0.1, 0.15) is 50.2 Å². The summed E-state index contributed by atoms with van der Waals surface area (Å²) in [4.78, 5) is 15.6. The van der Waals surface area contributed by atoms with E-state index in [-0.39, 0.29) is 35.3 Å². The minimum atomic E-state index is -0.785. The summed E-state index contributed by atoms with van der Waals surface area (Å²) in [6, 6.07) is 21.5. The van der Waals surface area contributed by atoms with Crippen molar-refractivity contribution >= 4 is 29.9 Å². The first-order valence-corrected chi connectivity index (χ1v) is 10.1. The number of amides is 1. The molecular weight excluding hydrogens is 459 g/mol. The van der Waals surface area contributed by atoms with Gasteiger partial charge in [0.1, 0.15) is 0 Å². The topological polar surface area (TPSA) is 46.3 Å². The highest BCUT2D eigenvalue weighted by Gasteiger charge is 2.51. The van der Waals surface area contributed by atoms with Gasteiger partial charge in [-0.1, -0.05) is 67.6 Å². The van der Waals surface area contributed by atoms with Gasteiger partial charge < -0.3 is 10.6 Å². The lowest BCUT2D eigenvalue weighted by Crippen LogP contribution is -2.50. The molecule has 0 aromatic heterocycles. The van der Waals surface area contributed by atoms with E-state index in [0.29, 0.717) is 12.1 Å². The summed E-state index contributed by atoms with van der Waals surface area (Å²) in [5.74, 6) is -0.243. The second-order valence-corrected chi connectivity index (χ2v) is 8.95. The minimum Gasteiger partial charge on any atom is -0.369 e. The molecule has 0 radical (unpaired) electrons. The number of fused-ring (bicyclic) bond motifs is 2. The molecule has 4 heteroatoms. The number of hydrogen-bond donors (Lipinski definition) is 1. The van der Waals surface area contributed by atoms with Crippen LogP contribution in [0.3, 0.4) is 0 Å². The van der Waals surface area contributed by atoms with Crippen LogP contribution in [0.5, 0.6) is 0 Å². The Morgan fingerprint density at radius 2 is 1.43 bits per heavy atom. The van der Waals surface area contributed by atoms with E-state index in [2.05, 4.69) is 43.1 Å². The maximum Gasteiger partial charge on any atom is 0.232 e. The number of nitrogens with two attached hydrogens (primary N) is 1. The summed E-state index contributed by atoms with van der Waals surface area (Å²) in [5.41, 5.74) is 7.51. The fourth-order valence-corrected chi connectivity index (χ4v) is 5.78. The number of piperidine rings is 1. The fraction of sp³-hybridized carbons (Fsp3) is 0.458. The second kappa shape index (κ2) is 8.15. The normalized spacial score (nSPS) is 27.2. The Labute approximate surface area is 185 Å². The molecule has 3 atom stereocenters. The molecule has 2 aromatic rings. The van der Waals surface area contributed by atoms with Crippen LogP contribution < -0.4 is 5.73 Å². The van der Waals surface area contributed by atoms with E-state index in [1.54, 1.807) is 0 Å². The van der Waals surface area contributed by atoms with Crippen molar-refractivity contribution in [3.8, 4) is 0 Å². The summed E-state index contributed by atoms with van der Waals surface area (Å²) >= 11 is 0. The van der Waals surface area contributed by atoms with Crippen LogP contribution in [0.4, 0.5) is 0 Å². The molecule has 150 valence electrons. The summed E-state index contributed by atoms with van der Waals surface area (Å²) < 4.78 is 0. The number of rotatable bonds is 5. The average Bonchev–Trinajstić information content (AvgIpc) is 2.90. The van der Waals surface area contributed by atoms with Gasteiger partial charge in [-0.3, -0.25) is 4.79 Å². The van der Waals surface area contributed by atoms with Crippen LogP contribution in [-0.4, -0.2) is 29.9 Å². The van der Waals surface area contributed by atoms with Gasteiger partial charge in [0.05, 0.1) is 5.41 Å². The van der Waals surface area contributed by atoms with Crippen LogP contribution in [0.25, 0.3) is 0 Å². The molecule has 2 bridgehead atoms. The van der Waals surface area contributed by atoms with E-state index in [1.807, 2.05) is 36.4 Å². The van der Waals surface area contributed by atoms with E-state index in [9.17, 15) is 4.79 Å². The van der Waals surface area contributed by atoms with E-state index in [1.165, 1.54) is 12.8 Å². The van der Waals surface area contributed by atoms with Crippen LogP contribution >= 0.6 is 24.0 Å². The lowest BCUT2D eigenvalue weighted by molar-refractivity contribution is -0.123. The molecule has 1 unspecified atom stereocenters. The van der Waals surface area contributed by atoms with Crippen LogP contribution in [-0.2, 0) is 10.2 Å². The van der Waals surface area contributed by atoms with E-state index < -0.39 is 5.41 Å². The summed E-state index contributed by atoms with van der Waals surface area (Å²) in [7, 11) is 2.26. The molecule has 3 nitrogen and oxygen atoms in total. The van der Waals surface area contributed by atoms with Crippen molar-refractivity contribution in [3.63, 3.8) is 0 Å². The van der Waals surface area contributed by atoms with Crippen molar-refractivity contribution in [2.75, 3.05) is 7.05 Å². The number of primary amides is 1. The maximum atomic E-state index is 13.1. The van der Waals surface area contributed by atoms with Gasteiger partial charge in [-0.05, 0) is 55.7 Å². The van der Waals surface area contributed by atoms with Crippen molar-refractivity contribution < 1.29 is 4.79 Å². The van der Waals surface area contributed by atoms with Crippen molar-refractivity contribution in [2.24, 2.45) is 11.1 Å². The number of hydrogen-bond acceptors (Lipinski definition) is 2. The molecule has 1 amide bonds. The number of carbonyl (C=O) groups is 1. The first-order chi connectivity index (χ1) is 12.9. The van der Waals surface area contributed by atoms with Gasteiger partial charge in [-0.15, -0.1) is 24.0 Å². The van der Waals surface area contributed by atoms with Crippen molar-refractivity contribution in [1.82, 2.24) is 4.90 Å². The number of nitrogens with zero attached hydrogens (tertiary/aromatic N) is 1. The number of halogens is 1. The largest absolute Gasteiger partial charge is 0.369 e. The molecule has 0 saturated carbocycles. The lowest BCUT2D eigenvalue weighted by atomic mass is 9.61. The third kappa shape index (κ3) is 3.61. The van der Waals surface area contributed by atoms with Crippen molar-refractivity contribution in [2.45, 2.75) is 56.5 Å². The molecule has 2 saturated heterocycles. The predicted octanol–water partition coefficient (Wildman–Crippen LogP) is 4.73. The van der Waals surface area contributed by atoms with E-state index in [4.69, 9.17) is 5.73 Å². The lowest BCUT2D eigenvalue weighted by Gasteiger charge is -2.47. The Kier molecular flexibility index (Phi) is 6.20. The van der Waals surface area contributed by atoms with Gasteiger partial charge in [0, 0.05) is 12.1 Å². The zero-order valence-electron chi connectivity index (χ0n) is 16.8. The molecular formula is C24H31IN2O. The number of benzene rings is 2. The van der Waals surface area contributed by atoms with Gasteiger partial charge in [-0.25, -0.2) is 0 Å². The first kappa shape index (κ1) is 21.3. The molecule has 2 N–H and O–H groups in total. The van der Waals surface area contributed by atoms with Crippen molar-refractivity contribution in [3.05, 3.63) is 71.8 Å². The highest BCUT2D eigenvalue weighted by Crippen LogP contribution is 2.52. The van der Waals surface area contributed by atoms with E-state index >= 15 is 0 Å². The Hall–Kier alpha value is -1.40. The Morgan fingerprint density at radius 3 is 1.82 bits per heavy atom. The Morgan fingerprint density at radius 1 is 1.00 bits per heavy atom. The Balaban J connectivity index is 0.00000225. The average molecular weight is 490 g/mol. The molecule has 2 aliphatic heterocycles. The third-order valence-corrected chi connectivity index (χ3v) is 7.09. The zero-order chi connectivity index (χ0) is 19.1. The monoisotopic (exact) mass is 490 g/mol. The van der Waals surface area contributed by atoms with Crippen LogP contribution in [0.15, 0.2) is 60.7 Å². The second-order valence-electron chi connectivity index (χ2n) is 8.95. The van der Waals surface area contributed by atoms with Gasteiger partial charge in [0.2, 0.25) is 5.91 Å².